The number of aromatic amines is 1. The Kier molecular flexibility index (Phi) is 6.05. The summed E-state index contributed by atoms with van der Waals surface area (Å²) in [4.78, 5) is 13.1. The van der Waals surface area contributed by atoms with Crippen molar-refractivity contribution in [2.24, 2.45) is 0 Å². The predicted octanol–water partition coefficient (Wildman–Crippen LogP) is 4.66. The molecular formula is C26H28N4O2. The maximum absolute atomic E-state index is 6.27. The van der Waals surface area contributed by atoms with Crippen LogP contribution in [0.5, 0.6) is 5.75 Å². The molecule has 0 amide bonds. The maximum atomic E-state index is 6.27. The van der Waals surface area contributed by atoms with Crippen LogP contribution >= 0.6 is 0 Å². The Hall–Kier alpha value is -3.35. The Bertz CT molecular complexity index is 1130. The van der Waals surface area contributed by atoms with E-state index in [1.807, 2.05) is 42.6 Å². The Labute approximate surface area is 188 Å². The topological polar surface area (TPSA) is 57.5 Å². The second-order valence-corrected chi connectivity index (χ2v) is 8.14. The molecular weight excluding hydrogens is 400 g/mol. The van der Waals surface area contributed by atoms with Gasteiger partial charge in [0, 0.05) is 44.5 Å². The smallest absolute Gasteiger partial charge is 0.209 e. The molecule has 0 radical (unpaired) electrons. The molecule has 6 heteroatoms. The largest absolute Gasteiger partial charge is 0.497 e. The SMILES string of the molecule is COc1cccc(-c2nc(CN3CCN(Cc4ccccc4)CC3)oc2-c2ccc[nH]2)c1. The van der Waals surface area contributed by atoms with E-state index in [-0.39, 0.29) is 0 Å². The number of piperazine rings is 1. The van der Waals surface area contributed by atoms with Gasteiger partial charge in [-0.1, -0.05) is 42.5 Å². The average Bonchev–Trinajstić information content (AvgIpc) is 3.51. The first kappa shape index (κ1) is 20.5. The molecule has 4 aromatic rings. The van der Waals surface area contributed by atoms with Gasteiger partial charge in [0.05, 0.1) is 19.3 Å². The van der Waals surface area contributed by atoms with E-state index in [4.69, 9.17) is 14.1 Å². The molecule has 1 saturated heterocycles. The number of ether oxygens (including phenoxy) is 1. The Morgan fingerprint density at radius 1 is 0.906 bits per heavy atom. The molecule has 164 valence electrons. The highest BCUT2D eigenvalue weighted by molar-refractivity contribution is 5.75. The first-order valence-corrected chi connectivity index (χ1v) is 11.0. The first-order valence-electron chi connectivity index (χ1n) is 11.0. The molecule has 0 unspecified atom stereocenters. The van der Waals surface area contributed by atoms with E-state index in [1.54, 1.807) is 7.11 Å². The van der Waals surface area contributed by atoms with Gasteiger partial charge in [-0.2, -0.15) is 0 Å². The fourth-order valence-electron chi connectivity index (χ4n) is 4.19. The highest BCUT2D eigenvalue weighted by Crippen LogP contribution is 2.33. The minimum Gasteiger partial charge on any atom is -0.497 e. The van der Waals surface area contributed by atoms with Crippen LogP contribution in [0, 0.1) is 0 Å². The molecule has 0 bridgehead atoms. The summed E-state index contributed by atoms with van der Waals surface area (Å²) in [6, 6.07) is 22.6. The number of hydrogen-bond acceptors (Lipinski definition) is 5. The molecule has 5 rings (SSSR count). The summed E-state index contributed by atoms with van der Waals surface area (Å²) in [6.07, 6.45) is 1.90. The molecule has 6 nitrogen and oxygen atoms in total. The predicted molar refractivity (Wildman–Crippen MR) is 125 cm³/mol. The number of oxazole rings is 1. The van der Waals surface area contributed by atoms with Gasteiger partial charge < -0.3 is 14.1 Å². The number of nitrogens with one attached hydrogen (secondary N) is 1. The summed E-state index contributed by atoms with van der Waals surface area (Å²) in [7, 11) is 1.68. The number of H-pyrrole nitrogens is 1. The molecule has 1 fully saturated rings. The summed E-state index contributed by atoms with van der Waals surface area (Å²) >= 11 is 0. The molecule has 1 aliphatic heterocycles. The lowest BCUT2D eigenvalue weighted by atomic mass is 10.1. The Morgan fingerprint density at radius 3 is 2.41 bits per heavy atom. The molecule has 32 heavy (non-hydrogen) atoms. The summed E-state index contributed by atoms with van der Waals surface area (Å²) in [5.74, 6) is 2.31. The van der Waals surface area contributed by atoms with Crippen LogP contribution in [0.1, 0.15) is 11.5 Å². The minimum atomic E-state index is 0.705. The third kappa shape index (κ3) is 4.61. The van der Waals surface area contributed by atoms with Gasteiger partial charge in [0.25, 0.3) is 0 Å². The van der Waals surface area contributed by atoms with Crippen LogP contribution in [0.15, 0.2) is 77.3 Å². The minimum absolute atomic E-state index is 0.705. The summed E-state index contributed by atoms with van der Waals surface area (Å²) in [5.41, 5.74) is 4.11. The van der Waals surface area contributed by atoms with E-state index in [0.29, 0.717) is 6.54 Å². The third-order valence-electron chi connectivity index (χ3n) is 5.93. The van der Waals surface area contributed by atoms with Crippen LogP contribution in [0.3, 0.4) is 0 Å². The van der Waals surface area contributed by atoms with E-state index in [2.05, 4.69) is 45.1 Å². The summed E-state index contributed by atoms with van der Waals surface area (Å²) in [6.45, 7) is 5.80. The van der Waals surface area contributed by atoms with Crippen molar-refractivity contribution >= 4 is 0 Å². The highest BCUT2D eigenvalue weighted by Gasteiger charge is 2.22. The van der Waals surface area contributed by atoms with E-state index in [9.17, 15) is 0 Å². The third-order valence-corrected chi connectivity index (χ3v) is 5.93. The zero-order valence-corrected chi connectivity index (χ0v) is 18.3. The number of hydrogen-bond donors (Lipinski definition) is 1. The van der Waals surface area contributed by atoms with Gasteiger partial charge in [-0.05, 0) is 29.8 Å². The lowest BCUT2D eigenvalue weighted by Gasteiger charge is -2.34. The monoisotopic (exact) mass is 428 g/mol. The second kappa shape index (κ2) is 9.42. The number of nitrogens with zero attached hydrogens (tertiary/aromatic N) is 3. The Balaban J connectivity index is 1.30. The molecule has 0 aliphatic carbocycles. The quantitative estimate of drug-likeness (QED) is 0.464. The van der Waals surface area contributed by atoms with Crippen molar-refractivity contribution in [3.05, 3.63) is 84.4 Å². The van der Waals surface area contributed by atoms with Crippen molar-refractivity contribution in [3.8, 4) is 28.5 Å². The van der Waals surface area contributed by atoms with Crippen molar-refractivity contribution in [1.82, 2.24) is 19.8 Å². The second-order valence-electron chi connectivity index (χ2n) is 8.14. The molecule has 0 atom stereocenters. The number of methoxy groups -OCH3 is 1. The maximum Gasteiger partial charge on any atom is 0.209 e. The zero-order valence-electron chi connectivity index (χ0n) is 18.3. The van der Waals surface area contributed by atoms with E-state index in [1.165, 1.54) is 5.56 Å². The molecule has 2 aromatic heterocycles. The van der Waals surface area contributed by atoms with Crippen LogP contribution < -0.4 is 4.74 Å². The Morgan fingerprint density at radius 2 is 1.69 bits per heavy atom. The van der Waals surface area contributed by atoms with Gasteiger partial charge in [-0.25, -0.2) is 4.98 Å². The van der Waals surface area contributed by atoms with Crippen LogP contribution in [0.2, 0.25) is 0 Å². The van der Waals surface area contributed by atoms with E-state index >= 15 is 0 Å². The zero-order chi connectivity index (χ0) is 21.8. The van der Waals surface area contributed by atoms with Crippen molar-refractivity contribution in [2.45, 2.75) is 13.1 Å². The standard InChI is InChI=1S/C26H28N4O2/c1-31-22-10-5-9-21(17-22)25-26(23-11-6-12-27-23)32-24(28-25)19-30-15-13-29(14-16-30)18-20-7-3-2-4-8-20/h2-12,17,27H,13-16,18-19H2,1H3. The van der Waals surface area contributed by atoms with Gasteiger partial charge in [0.2, 0.25) is 5.89 Å². The van der Waals surface area contributed by atoms with Crippen molar-refractivity contribution in [3.63, 3.8) is 0 Å². The molecule has 1 aliphatic rings. The van der Waals surface area contributed by atoms with Gasteiger partial charge >= 0.3 is 0 Å². The van der Waals surface area contributed by atoms with Crippen LogP contribution in [0.4, 0.5) is 0 Å². The van der Waals surface area contributed by atoms with Crippen LogP contribution in [-0.4, -0.2) is 53.1 Å². The van der Waals surface area contributed by atoms with Gasteiger partial charge in [0.1, 0.15) is 11.4 Å². The summed E-state index contributed by atoms with van der Waals surface area (Å²) < 4.78 is 11.7. The lowest BCUT2D eigenvalue weighted by Crippen LogP contribution is -2.45. The first-order chi connectivity index (χ1) is 15.8. The van der Waals surface area contributed by atoms with Crippen molar-refractivity contribution in [2.75, 3.05) is 33.3 Å². The molecule has 2 aromatic carbocycles. The van der Waals surface area contributed by atoms with E-state index in [0.717, 1.165) is 67.1 Å². The molecule has 3 heterocycles. The van der Waals surface area contributed by atoms with Crippen LogP contribution in [-0.2, 0) is 13.1 Å². The molecule has 0 saturated carbocycles. The molecule has 1 N–H and O–H groups in total. The van der Waals surface area contributed by atoms with Gasteiger partial charge in [-0.3, -0.25) is 9.80 Å². The van der Waals surface area contributed by atoms with E-state index < -0.39 is 0 Å². The van der Waals surface area contributed by atoms with Crippen molar-refractivity contribution in [1.29, 1.82) is 0 Å². The van der Waals surface area contributed by atoms with Gasteiger partial charge in [-0.15, -0.1) is 0 Å². The fraction of sp³-hybridized carbons (Fsp3) is 0.269. The summed E-state index contributed by atoms with van der Waals surface area (Å²) in [5, 5.41) is 0. The average molecular weight is 429 g/mol. The lowest BCUT2D eigenvalue weighted by molar-refractivity contribution is 0.114. The number of benzene rings is 2. The molecule has 0 spiro atoms. The number of aromatic nitrogens is 2. The fourth-order valence-corrected chi connectivity index (χ4v) is 4.19. The van der Waals surface area contributed by atoms with Crippen molar-refractivity contribution < 1.29 is 9.15 Å². The normalized spacial score (nSPS) is 15.2. The van der Waals surface area contributed by atoms with Crippen LogP contribution in [0.25, 0.3) is 22.7 Å². The highest BCUT2D eigenvalue weighted by atomic mass is 16.5. The van der Waals surface area contributed by atoms with Gasteiger partial charge in [0.15, 0.2) is 5.76 Å². The number of rotatable bonds is 7.